The molecule has 0 N–H and O–H groups in total. The third kappa shape index (κ3) is 13.8. The van der Waals surface area contributed by atoms with Gasteiger partial charge in [0.25, 0.3) is 0 Å². The van der Waals surface area contributed by atoms with Gasteiger partial charge in [-0.3, -0.25) is 0 Å². The highest BCUT2D eigenvalue weighted by atomic mass is 32.2. The van der Waals surface area contributed by atoms with Gasteiger partial charge in [0.2, 0.25) is 40.1 Å². The third-order valence-corrected chi connectivity index (χ3v) is 22.9. The van der Waals surface area contributed by atoms with Crippen LogP contribution in [0.3, 0.4) is 0 Å². The average Bonchev–Trinajstić information content (AvgIpc) is 3.50. The van der Waals surface area contributed by atoms with E-state index in [1.165, 1.54) is 12.9 Å². The van der Waals surface area contributed by atoms with Crippen molar-refractivity contribution in [1.29, 1.82) is 0 Å². The zero-order valence-electron chi connectivity index (χ0n) is 44.9. The third-order valence-electron chi connectivity index (χ3n) is 14.0. The molecule has 0 unspecified atom stereocenters. The van der Waals surface area contributed by atoms with E-state index in [1.807, 2.05) is 90.1 Å². The standard InChI is InChI=1S/C55H82N4O8S4/c1-14-56(68(60,61)52-43(6)30-39(2)31-44(52)7)24-19-25-57(69(62,63)53-45(8)32-40(3)33-46(53)9)26-20-27-58(70(64,65)54-47(10)34-41(4)35-48(54)11)28-21-29-59(38-51-22-17-15-16-18-23-51)71(66,67)55-49(12)36-42(5)37-50(55)13/h30-37,51H,14-29,38H2,1-13H3. The van der Waals surface area contributed by atoms with Crippen molar-refractivity contribution in [3.63, 3.8) is 0 Å². The van der Waals surface area contributed by atoms with Gasteiger partial charge < -0.3 is 0 Å². The molecule has 1 aliphatic rings. The molecule has 1 aliphatic carbocycles. The fraction of sp³-hybridized carbons (Fsp3) is 0.564. The average molecular weight is 1060 g/mol. The van der Waals surface area contributed by atoms with Crippen molar-refractivity contribution in [2.45, 2.75) is 167 Å². The maximum absolute atomic E-state index is 15.0. The van der Waals surface area contributed by atoms with Gasteiger partial charge in [0, 0.05) is 52.4 Å². The fourth-order valence-corrected chi connectivity index (χ4v) is 19.1. The van der Waals surface area contributed by atoms with E-state index in [1.54, 1.807) is 52.8 Å². The highest BCUT2D eigenvalue weighted by Crippen LogP contribution is 2.32. The molecule has 16 heteroatoms. The predicted octanol–water partition coefficient (Wildman–Crippen LogP) is 10.6. The van der Waals surface area contributed by atoms with E-state index in [4.69, 9.17) is 0 Å². The van der Waals surface area contributed by atoms with Crippen molar-refractivity contribution in [2.75, 3.05) is 52.4 Å². The van der Waals surface area contributed by atoms with Crippen molar-refractivity contribution in [3.05, 3.63) is 115 Å². The molecule has 0 radical (unpaired) electrons. The molecule has 5 rings (SSSR count). The Balaban J connectivity index is 1.48. The molecule has 0 heterocycles. The van der Waals surface area contributed by atoms with Crippen LogP contribution in [0.2, 0.25) is 0 Å². The number of sulfonamides is 4. The van der Waals surface area contributed by atoms with Crippen LogP contribution in [0.15, 0.2) is 68.1 Å². The van der Waals surface area contributed by atoms with E-state index in [0.717, 1.165) is 60.8 Å². The molecule has 0 spiro atoms. The van der Waals surface area contributed by atoms with Crippen LogP contribution in [0, 0.1) is 89.0 Å². The first-order valence-electron chi connectivity index (χ1n) is 25.5. The van der Waals surface area contributed by atoms with Gasteiger partial charge in [-0.05, 0) is 166 Å². The summed E-state index contributed by atoms with van der Waals surface area (Å²) in [7, 11) is -16.2. The van der Waals surface area contributed by atoms with Crippen LogP contribution in [0.25, 0.3) is 0 Å². The Morgan fingerprint density at radius 3 is 0.845 bits per heavy atom. The minimum Gasteiger partial charge on any atom is -0.207 e. The number of hydrogen-bond acceptors (Lipinski definition) is 8. The van der Waals surface area contributed by atoms with Crippen LogP contribution in [0.4, 0.5) is 0 Å². The zero-order chi connectivity index (χ0) is 52.8. The molecule has 0 aliphatic heterocycles. The van der Waals surface area contributed by atoms with Crippen LogP contribution in [0.5, 0.6) is 0 Å². The van der Waals surface area contributed by atoms with Crippen LogP contribution in [0.1, 0.15) is 131 Å². The first kappa shape index (κ1) is 58.4. The maximum atomic E-state index is 15.0. The van der Waals surface area contributed by atoms with Gasteiger partial charge in [0.05, 0.1) is 19.6 Å². The molecule has 1 fully saturated rings. The molecular formula is C55H82N4O8S4. The van der Waals surface area contributed by atoms with E-state index in [-0.39, 0.29) is 85.7 Å². The number of hydrogen-bond donors (Lipinski definition) is 0. The van der Waals surface area contributed by atoms with E-state index in [9.17, 15) is 25.3 Å². The Morgan fingerprint density at radius 2 is 0.577 bits per heavy atom. The molecule has 0 atom stereocenters. The Bertz CT molecular complexity index is 2910. The number of benzene rings is 4. The maximum Gasteiger partial charge on any atom is 0.243 e. The second-order valence-electron chi connectivity index (χ2n) is 20.5. The summed E-state index contributed by atoms with van der Waals surface area (Å²) in [6.45, 7) is 24.4. The lowest BCUT2D eigenvalue weighted by molar-refractivity contribution is 0.299. The van der Waals surface area contributed by atoms with Gasteiger partial charge in [-0.2, -0.15) is 17.2 Å². The molecule has 0 saturated heterocycles. The minimum absolute atomic E-state index is 0.00172. The monoisotopic (exact) mass is 1050 g/mol. The van der Waals surface area contributed by atoms with Crippen LogP contribution in [-0.4, -0.2) is 103 Å². The van der Waals surface area contributed by atoms with E-state index >= 15 is 8.42 Å². The minimum atomic E-state index is -4.18. The molecule has 0 bridgehead atoms. The second kappa shape index (κ2) is 24.2. The summed E-state index contributed by atoms with van der Waals surface area (Å²) in [5.41, 5.74) is 8.80. The lowest BCUT2D eigenvalue weighted by atomic mass is 10.0. The SMILES string of the molecule is CCN(CCCN(CCCN(CCCN(CC1CCCCCC1)S(=O)(=O)c1c(C)cc(C)cc1C)S(=O)(=O)c1c(C)cc(C)cc1C)S(=O)(=O)c1c(C)cc(C)cc1C)S(=O)(=O)c1c(C)cc(C)cc1C. The summed E-state index contributed by atoms with van der Waals surface area (Å²) in [6.07, 6.45) is 6.73. The van der Waals surface area contributed by atoms with Gasteiger partial charge >= 0.3 is 0 Å². The van der Waals surface area contributed by atoms with Crippen LogP contribution >= 0.6 is 0 Å². The summed E-state index contributed by atoms with van der Waals surface area (Å²) < 4.78 is 124. The summed E-state index contributed by atoms with van der Waals surface area (Å²) in [4.78, 5) is 0.921. The van der Waals surface area contributed by atoms with Gasteiger partial charge in [0.1, 0.15) is 0 Å². The topological polar surface area (TPSA) is 150 Å². The number of rotatable bonds is 23. The van der Waals surface area contributed by atoms with Crippen LogP contribution in [-0.2, 0) is 40.1 Å². The molecule has 1 saturated carbocycles. The first-order valence-corrected chi connectivity index (χ1v) is 31.2. The first-order chi connectivity index (χ1) is 33.1. The highest BCUT2D eigenvalue weighted by molar-refractivity contribution is 7.90. The Labute approximate surface area is 429 Å². The molecule has 394 valence electrons. The van der Waals surface area contributed by atoms with Crippen molar-refractivity contribution in [3.8, 4) is 0 Å². The van der Waals surface area contributed by atoms with E-state index in [0.29, 0.717) is 55.9 Å². The van der Waals surface area contributed by atoms with Crippen molar-refractivity contribution in [1.82, 2.24) is 17.2 Å². The molecular weight excluding hydrogens is 973 g/mol. The molecule has 0 aromatic heterocycles. The van der Waals surface area contributed by atoms with Gasteiger partial charge in [-0.15, -0.1) is 0 Å². The normalized spacial score (nSPS) is 14.6. The summed E-state index contributed by atoms with van der Waals surface area (Å²) >= 11 is 0. The molecule has 4 aromatic rings. The lowest BCUT2D eigenvalue weighted by Crippen LogP contribution is -2.41. The fourth-order valence-electron chi connectivity index (χ4n) is 11.4. The number of aryl methyl sites for hydroxylation is 12. The van der Waals surface area contributed by atoms with Crippen molar-refractivity contribution < 1.29 is 33.7 Å². The quantitative estimate of drug-likeness (QED) is 0.0667. The van der Waals surface area contributed by atoms with Crippen molar-refractivity contribution in [2.24, 2.45) is 5.92 Å². The van der Waals surface area contributed by atoms with Crippen LogP contribution < -0.4 is 0 Å². The molecule has 0 amide bonds. The Hall–Kier alpha value is -3.48. The largest absolute Gasteiger partial charge is 0.243 e. The van der Waals surface area contributed by atoms with Gasteiger partial charge in [-0.25, -0.2) is 33.7 Å². The van der Waals surface area contributed by atoms with Gasteiger partial charge in [-0.1, -0.05) is 103 Å². The van der Waals surface area contributed by atoms with E-state index < -0.39 is 40.1 Å². The highest BCUT2D eigenvalue weighted by Gasteiger charge is 2.34. The van der Waals surface area contributed by atoms with E-state index in [2.05, 4.69) is 0 Å². The molecule has 71 heavy (non-hydrogen) atoms. The Kier molecular flexibility index (Phi) is 19.9. The summed E-state index contributed by atoms with van der Waals surface area (Å²) in [6, 6.07) is 14.8. The summed E-state index contributed by atoms with van der Waals surface area (Å²) in [5.74, 6) is 0.185. The smallest absolute Gasteiger partial charge is 0.207 e. The van der Waals surface area contributed by atoms with Crippen molar-refractivity contribution >= 4 is 40.1 Å². The Morgan fingerprint density at radius 1 is 0.352 bits per heavy atom. The summed E-state index contributed by atoms with van der Waals surface area (Å²) in [5, 5.41) is 0. The zero-order valence-corrected chi connectivity index (χ0v) is 48.2. The molecule has 4 aromatic carbocycles. The van der Waals surface area contributed by atoms with Gasteiger partial charge in [0.15, 0.2) is 0 Å². The number of nitrogens with zero attached hydrogens (tertiary/aromatic N) is 4. The second-order valence-corrected chi connectivity index (χ2v) is 28.0. The lowest BCUT2D eigenvalue weighted by Gasteiger charge is -2.30. The molecule has 12 nitrogen and oxygen atoms in total. The predicted molar refractivity (Wildman–Crippen MR) is 288 cm³/mol.